The highest BCUT2D eigenvalue weighted by atomic mass is 16.3. The summed E-state index contributed by atoms with van der Waals surface area (Å²) < 4.78 is 0. The van der Waals surface area contributed by atoms with E-state index < -0.39 is 0 Å². The topological polar surface area (TPSA) is 60.7 Å². The molecule has 0 amide bonds. The molecule has 4 aliphatic rings. The normalized spacial score (nSPS) is 55.8. The summed E-state index contributed by atoms with van der Waals surface area (Å²) in [7, 11) is 0. The van der Waals surface area contributed by atoms with Crippen molar-refractivity contribution in [2.75, 3.05) is 6.61 Å². The predicted octanol–water partition coefficient (Wildman–Crippen LogP) is 3.28. The summed E-state index contributed by atoms with van der Waals surface area (Å²) in [5, 5.41) is 30.8. The molecule has 4 aliphatic carbocycles. The fourth-order valence-electron chi connectivity index (χ4n) is 7.43. The van der Waals surface area contributed by atoms with Crippen LogP contribution in [0.2, 0.25) is 0 Å². The molecule has 3 nitrogen and oxygen atoms in total. The minimum atomic E-state index is -0.223. The first-order chi connectivity index (χ1) is 11.4. The zero-order valence-electron chi connectivity index (χ0n) is 15.2. The van der Waals surface area contributed by atoms with Gasteiger partial charge in [0.2, 0.25) is 0 Å². The van der Waals surface area contributed by atoms with Gasteiger partial charge in [0.1, 0.15) is 0 Å². The van der Waals surface area contributed by atoms with Gasteiger partial charge in [0.15, 0.2) is 0 Å². The third-order valence-electron chi connectivity index (χ3n) is 8.91. The molecule has 0 aromatic carbocycles. The Balaban J connectivity index is 1.63. The lowest BCUT2D eigenvalue weighted by Gasteiger charge is -2.61. The second kappa shape index (κ2) is 5.82. The largest absolute Gasteiger partial charge is 0.393 e. The number of aliphatic hydroxyl groups excluding tert-OH is 3. The molecule has 4 rings (SSSR count). The van der Waals surface area contributed by atoms with E-state index in [2.05, 4.69) is 13.8 Å². The molecule has 0 saturated heterocycles. The number of rotatable bonds is 1. The number of allylic oxidation sites excluding steroid dienone is 1. The Kier molecular flexibility index (Phi) is 4.14. The highest BCUT2D eigenvalue weighted by Gasteiger charge is 2.61. The zero-order chi connectivity index (χ0) is 17.1. The molecule has 0 heterocycles. The number of aliphatic hydroxyl groups is 3. The molecule has 24 heavy (non-hydrogen) atoms. The SMILES string of the molecule is C[C@]12CC/C(=C\CO)CC1C(O)C[C@@H]1[C@H]2CC[C@]2(C)C(O)CC[C@@H]12. The zero-order valence-corrected chi connectivity index (χ0v) is 15.2. The molecule has 0 aromatic rings. The lowest BCUT2D eigenvalue weighted by molar-refractivity contribution is -0.156. The maximum atomic E-state index is 11.0. The molecule has 0 aliphatic heterocycles. The third kappa shape index (κ3) is 2.27. The van der Waals surface area contributed by atoms with E-state index in [4.69, 9.17) is 0 Å². The monoisotopic (exact) mass is 334 g/mol. The molecule has 3 heteroatoms. The summed E-state index contributed by atoms with van der Waals surface area (Å²) in [6, 6.07) is 0. The third-order valence-corrected chi connectivity index (χ3v) is 8.91. The molecule has 4 fully saturated rings. The molecular formula is C21H34O3. The van der Waals surface area contributed by atoms with Crippen molar-refractivity contribution in [3.05, 3.63) is 11.6 Å². The van der Waals surface area contributed by atoms with E-state index in [0.717, 1.165) is 44.9 Å². The van der Waals surface area contributed by atoms with Gasteiger partial charge in [-0.1, -0.05) is 25.5 Å². The Labute approximate surface area is 146 Å². The quantitative estimate of drug-likeness (QED) is 0.645. The maximum absolute atomic E-state index is 11.0. The van der Waals surface area contributed by atoms with E-state index in [-0.39, 0.29) is 29.6 Å². The summed E-state index contributed by atoms with van der Waals surface area (Å²) in [5.74, 6) is 2.22. The second-order valence-corrected chi connectivity index (χ2v) is 9.68. The van der Waals surface area contributed by atoms with Crippen LogP contribution >= 0.6 is 0 Å². The molecular weight excluding hydrogens is 300 g/mol. The Morgan fingerprint density at radius 2 is 1.75 bits per heavy atom. The highest BCUT2D eigenvalue weighted by molar-refractivity contribution is 5.17. The van der Waals surface area contributed by atoms with Crippen LogP contribution in [0, 0.1) is 34.5 Å². The molecule has 0 spiro atoms. The van der Waals surface area contributed by atoms with Gasteiger partial charge in [0, 0.05) is 0 Å². The summed E-state index contributed by atoms with van der Waals surface area (Å²) in [6.07, 6.45) is 10.2. The van der Waals surface area contributed by atoms with E-state index in [0.29, 0.717) is 23.7 Å². The van der Waals surface area contributed by atoms with Crippen LogP contribution in [0.1, 0.15) is 65.2 Å². The summed E-state index contributed by atoms with van der Waals surface area (Å²) in [6.45, 7) is 4.86. The van der Waals surface area contributed by atoms with E-state index in [1.807, 2.05) is 6.08 Å². The van der Waals surface area contributed by atoms with Gasteiger partial charge in [-0.2, -0.15) is 0 Å². The number of hydrogen-bond acceptors (Lipinski definition) is 3. The van der Waals surface area contributed by atoms with E-state index in [1.54, 1.807) is 0 Å². The Morgan fingerprint density at radius 3 is 2.50 bits per heavy atom. The molecule has 0 aromatic heterocycles. The first-order valence-electron chi connectivity index (χ1n) is 10.0. The van der Waals surface area contributed by atoms with Crippen LogP contribution < -0.4 is 0 Å². The fourth-order valence-corrected chi connectivity index (χ4v) is 7.43. The fraction of sp³-hybridized carbons (Fsp3) is 0.905. The lowest BCUT2D eigenvalue weighted by atomic mass is 9.44. The van der Waals surface area contributed by atoms with Gasteiger partial charge in [0.05, 0.1) is 18.8 Å². The van der Waals surface area contributed by atoms with Gasteiger partial charge in [-0.15, -0.1) is 0 Å². The standard InChI is InChI=1S/C21H34O3/c1-20-8-5-13(7-10-22)11-17(20)18(23)12-14-15-3-4-19(24)21(15,2)9-6-16(14)20/h7,14-19,22-24H,3-6,8-12H2,1-2H3/b13-7+/t14-,15-,16+,17?,18?,19?,20+,21-/m0/s1. The van der Waals surface area contributed by atoms with Crippen molar-refractivity contribution >= 4 is 0 Å². The van der Waals surface area contributed by atoms with Crippen LogP contribution in [0.25, 0.3) is 0 Å². The molecule has 0 radical (unpaired) electrons. The first-order valence-corrected chi connectivity index (χ1v) is 10.0. The van der Waals surface area contributed by atoms with Gasteiger partial charge in [-0.25, -0.2) is 0 Å². The average molecular weight is 335 g/mol. The Bertz CT molecular complexity index is 529. The van der Waals surface area contributed by atoms with Crippen molar-refractivity contribution < 1.29 is 15.3 Å². The Morgan fingerprint density at radius 1 is 1.00 bits per heavy atom. The van der Waals surface area contributed by atoms with Crippen LogP contribution in [-0.4, -0.2) is 34.1 Å². The van der Waals surface area contributed by atoms with E-state index in [1.165, 1.54) is 12.0 Å². The minimum Gasteiger partial charge on any atom is -0.393 e. The second-order valence-electron chi connectivity index (χ2n) is 9.68. The minimum absolute atomic E-state index is 0.0840. The molecule has 3 N–H and O–H groups in total. The number of hydrogen-bond donors (Lipinski definition) is 3. The van der Waals surface area contributed by atoms with Crippen LogP contribution in [0.3, 0.4) is 0 Å². The van der Waals surface area contributed by atoms with Gasteiger partial charge in [0.25, 0.3) is 0 Å². The van der Waals surface area contributed by atoms with Crippen molar-refractivity contribution in [1.82, 2.24) is 0 Å². The van der Waals surface area contributed by atoms with Crippen molar-refractivity contribution in [2.45, 2.75) is 77.4 Å². The van der Waals surface area contributed by atoms with Crippen molar-refractivity contribution in [2.24, 2.45) is 34.5 Å². The summed E-state index contributed by atoms with van der Waals surface area (Å²) >= 11 is 0. The Hall–Kier alpha value is -0.380. The van der Waals surface area contributed by atoms with E-state index >= 15 is 0 Å². The van der Waals surface area contributed by atoms with Crippen molar-refractivity contribution in [3.63, 3.8) is 0 Å². The summed E-state index contributed by atoms with van der Waals surface area (Å²) in [5.41, 5.74) is 1.65. The molecule has 8 atom stereocenters. The van der Waals surface area contributed by atoms with Crippen molar-refractivity contribution in [1.29, 1.82) is 0 Å². The van der Waals surface area contributed by atoms with E-state index in [9.17, 15) is 15.3 Å². The van der Waals surface area contributed by atoms with Gasteiger partial charge < -0.3 is 15.3 Å². The maximum Gasteiger partial charge on any atom is 0.0615 e. The van der Waals surface area contributed by atoms with Crippen LogP contribution in [0.15, 0.2) is 11.6 Å². The van der Waals surface area contributed by atoms with Crippen LogP contribution in [0.5, 0.6) is 0 Å². The highest BCUT2D eigenvalue weighted by Crippen LogP contribution is 2.66. The number of fused-ring (bicyclic) bond motifs is 5. The van der Waals surface area contributed by atoms with Crippen molar-refractivity contribution in [3.8, 4) is 0 Å². The molecule has 136 valence electrons. The van der Waals surface area contributed by atoms with Crippen LogP contribution in [-0.2, 0) is 0 Å². The predicted molar refractivity (Wildman–Crippen MR) is 94.3 cm³/mol. The van der Waals surface area contributed by atoms with Gasteiger partial charge in [-0.3, -0.25) is 0 Å². The molecule has 4 saturated carbocycles. The first kappa shape index (κ1) is 17.1. The summed E-state index contributed by atoms with van der Waals surface area (Å²) in [4.78, 5) is 0. The smallest absolute Gasteiger partial charge is 0.0615 e. The van der Waals surface area contributed by atoms with Gasteiger partial charge >= 0.3 is 0 Å². The lowest BCUT2D eigenvalue weighted by Crippen LogP contribution is -2.57. The van der Waals surface area contributed by atoms with Gasteiger partial charge in [-0.05, 0) is 85.9 Å². The van der Waals surface area contributed by atoms with Crippen LogP contribution in [0.4, 0.5) is 0 Å². The molecule has 0 bridgehead atoms. The molecule has 3 unspecified atom stereocenters. The average Bonchev–Trinajstić information content (AvgIpc) is 2.85.